The molecule has 1 N–H and O–H groups in total. The van der Waals surface area contributed by atoms with Gasteiger partial charge in [-0.2, -0.15) is 0 Å². The maximum Gasteiger partial charge on any atom is 0.266 e. The van der Waals surface area contributed by atoms with Crippen LogP contribution < -0.4 is 5.32 Å². The molecule has 1 aromatic carbocycles. The highest BCUT2D eigenvalue weighted by molar-refractivity contribution is 8.26. The van der Waals surface area contributed by atoms with Crippen molar-refractivity contribution in [2.24, 2.45) is 0 Å². The fourth-order valence-electron chi connectivity index (χ4n) is 3.01. The molecule has 164 valence electrons. The Balaban J connectivity index is 1.48. The number of aromatic nitrogens is 2. The maximum atomic E-state index is 12.7. The topological polar surface area (TPSA) is 75.2 Å². The van der Waals surface area contributed by atoms with Crippen LogP contribution in [0.2, 0.25) is 0 Å². The van der Waals surface area contributed by atoms with Gasteiger partial charge < -0.3 is 5.32 Å². The Morgan fingerprint density at radius 1 is 1.19 bits per heavy atom. The maximum absolute atomic E-state index is 12.7. The van der Waals surface area contributed by atoms with E-state index in [9.17, 15) is 9.59 Å². The number of carbonyl (C=O) groups is 2. The molecule has 0 spiro atoms. The number of nitrogens with one attached hydrogen (secondary N) is 1. The van der Waals surface area contributed by atoms with Crippen molar-refractivity contribution in [3.05, 3.63) is 45.3 Å². The Labute approximate surface area is 196 Å². The largest absolute Gasteiger partial charge is 0.301 e. The van der Waals surface area contributed by atoms with E-state index in [1.54, 1.807) is 4.90 Å². The van der Waals surface area contributed by atoms with Gasteiger partial charge in [0.25, 0.3) is 5.91 Å². The van der Waals surface area contributed by atoms with E-state index in [1.807, 2.05) is 18.2 Å². The molecule has 1 aliphatic rings. The van der Waals surface area contributed by atoms with Gasteiger partial charge in [-0.1, -0.05) is 79.9 Å². The lowest BCUT2D eigenvalue weighted by Gasteiger charge is -2.13. The van der Waals surface area contributed by atoms with Crippen molar-refractivity contribution >= 4 is 62.7 Å². The number of aryl methyl sites for hydroxylation is 2. The van der Waals surface area contributed by atoms with Crippen molar-refractivity contribution in [3.63, 3.8) is 0 Å². The predicted molar refractivity (Wildman–Crippen MR) is 132 cm³/mol. The smallest absolute Gasteiger partial charge is 0.266 e. The summed E-state index contributed by atoms with van der Waals surface area (Å²) in [5, 5.41) is 12.4. The highest BCUT2D eigenvalue weighted by atomic mass is 32.2. The van der Waals surface area contributed by atoms with Crippen molar-refractivity contribution in [1.82, 2.24) is 15.1 Å². The summed E-state index contributed by atoms with van der Waals surface area (Å²) in [6.45, 7) is 4.66. The first kappa shape index (κ1) is 23.6. The number of nitrogens with zero attached hydrogens (tertiary/aromatic N) is 3. The van der Waals surface area contributed by atoms with Crippen LogP contribution in [0.5, 0.6) is 0 Å². The van der Waals surface area contributed by atoms with Gasteiger partial charge in [0.15, 0.2) is 0 Å². The molecule has 0 aliphatic carbocycles. The van der Waals surface area contributed by atoms with Crippen LogP contribution in [0.3, 0.4) is 0 Å². The second-order valence-electron chi connectivity index (χ2n) is 7.18. The molecule has 0 atom stereocenters. The van der Waals surface area contributed by atoms with Crippen LogP contribution in [0, 0.1) is 0 Å². The number of amides is 2. The van der Waals surface area contributed by atoms with Crippen molar-refractivity contribution in [2.75, 3.05) is 11.9 Å². The van der Waals surface area contributed by atoms with Gasteiger partial charge in [0.2, 0.25) is 11.0 Å². The summed E-state index contributed by atoms with van der Waals surface area (Å²) in [6.07, 6.45) is 6.71. The van der Waals surface area contributed by atoms with Crippen molar-refractivity contribution in [3.8, 4) is 0 Å². The first-order valence-corrected chi connectivity index (χ1v) is 12.5. The van der Waals surface area contributed by atoms with E-state index in [0.29, 0.717) is 33.7 Å². The Kier molecular flexibility index (Phi) is 8.74. The molecule has 1 aliphatic heterocycles. The number of anilines is 1. The molecule has 1 fully saturated rings. The Bertz CT molecular complexity index is 969. The van der Waals surface area contributed by atoms with E-state index in [2.05, 4.69) is 41.5 Å². The lowest BCUT2D eigenvalue weighted by molar-refractivity contribution is -0.122. The zero-order valence-electron chi connectivity index (χ0n) is 17.7. The molecule has 2 amide bonds. The molecule has 31 heavy (non-hydrogen) atoms. The monoisotopic (exact) mass is 474 g/mol. The quantitative estimate of drug-likeness (QED) is 0.383. The lowest BCUT2D eigenvalue weighted by atomic mass is 10.1. The van der Waals surface area contributed by atoms with Crippen LogP contribution in [0.4, 0.5) is 5.13 Å². The van der Waals surface area contributed by atoms with Gasteiger partial charge in [0.1, 0.15) is 9.33 Å². The van der Waals surface area contributed by atoms with E-state index in [0.717, 1.165) is 36.3 Å². The first-order valence-electron chi connectivity index (χ1n) is 10.5. The number of carbonyl (C=O) groups excluding carboxylic acids is 2. The van der Waals surface area contributed by atoms with Gasteiger partial charge in [-0.25, -0.2) is 0 Å². The molecule has 9 heteroatoms. The number of rotatable bonds is 10. The minimum Gasteiger partial charge on any atom is -0.301 e. The van der Waals surface area contributed by atoms with Gasteiger partial charge in [-0.3, -0.25) is 14.5 Å². The Morgan fingerprint density at radius 3 is 2.68 bits per heavy atom. The van der Waals surface area contributed by atoms with Gasteiger partial charge in [0.05, 0.1) is 4.91 Å². The van der Waals surface area contributed by atoms with Crippen LogP contribution in [0.15, 0.2) is 29.2 Å². The van der Waals surface area contributed by atoms with Crippen molar-refractivity contribution < 1.29 is 9.59 Å². The molecule has 0 saturated carbocycles. The number of benzene rings is 1. The standard InChI is InChI=1S/C22H26N4O2S3/c1-3-5-8-19-24-25-21(31-19)23-18(27)7-6-13-26-20(28)17(30-22(26)29)14-16-11-9-15(4-2)10-12-16/h9-12,14H,3-8,13H2,1-2H3,(H,23,25,27)/b17-14-. The molecule has 6 nitrogen and oxygen atoms in total. The summed E-state index contributed by atoms with van der Waals surface area (Å²) in [5.41, 5.74) is 2.24. The molecule has 0 unspecified atom stereocenters. The summed E-state index contributed by atoms with van der Waals surface area (Å²) in [6, 6.07) is 8.15. The molecule has 2 heterocycles. The fourth-order valence-corrected chi connectivity index (χ4v) is 5.11. The average Bonchev–Trinajstić information content (AvgIpc) is 3.31. The van der Waals surface area contributed by atoms with Crippen LogP contribution >= 0.6 is 35.3 Å². The number of thiocarbonyl (C=S) groups is 1. The van der Waals surface area contributed by atoms with E-state index in [1.165, 1.54) is 28.7 Å². The molecule has 1 aromatic heterocycles. The highest BCUT2D eigenvalue weighted by Gasteiger charge is 2.31. The summed E-state index contributed by atoms with van der Waals surface area (Å²) < 4.78 is 0.534. The fraction of sp³-hybridized carbons (Fsp3) is 0.409. The molecule has 3 rings (SSSR count). The Morgan fingerprint density at radius 2 is 1.97 bits per heavy atom. The van der Waals surface area contributed by atoms with Crippen LogP contribution in [0.1, 0.15) is 55.7 Å². The number of hydrogen-bond acceptors (Lipinski definition) is 7. The molecule has 0 radical (unpaired) electrons. The first-order chi connectivity index (χ1) is 15.0. The molecular weight excluding hydrogens is 448 g/mol. The lowest BCUT2D eigenvalue weighted by Crippen LogP contribution is -2.29. The third kappa shape index (κ3) is 6.69. The Hall–Kier alpha value is -2.10. The summed E-state index contributed by atoms with van der Waals surface area (Å²) in [7, 11) is 0. The van der Waals surface area contributed by atoms with Gasteiger partial charge >= 0.3 is 0 Å². The summed E-state index contributed by atoms with van der Waals surface area (Å²) in [5.74, 6) is -0.227. The highest BCUT2D eigenvalue weighted by Crippen LogP contribution is 2.32. The zero-order valence-corrected chi connectivity index (χ0v) is 20.2. The normalized spacial score (nSPS) is 15.2. The summed E-state index contributed by atoms with van der Waals surface area (Å²) in [4.78, 5) is 27.1. The minimum absolute atomic E-state index is 0.0975. The van der Waals surface area contributed by atoms with E-state index >= 15 is 0 Å². The zero-order chi connectivity index (χ0) is 22.2. The third-order valence-corrected chi connectivity index (χ3v) is 7.08. The average molecular weight is 475 g/mol. The van der Waals surface area contributed by atoms with Gasteiger partial charge in [-0.05, 0) is 36.5 Å². The number of unbranched alkanes of at least 4 members (excludes halogenated alkanes) is 1. The SMILES string of the molecule is CCCCc1nnc(NC(=O)CCCN2C(=O)/C(=C/c3ccc(CC)cc3)SC2=S)s1. The van der Waals surface area contributed by atoms with E-state index in [4.69, 9.17) is 12.2 Å². The number of hydrogen-bond donors (Lipinski definition) is 1. The number of thioether (sulfide) groups is 1. The summed E-state index contributed by atoms with van der Waals surface area (Å²) >= 11 is 8.10. The van der Waals surface area contributed by atoms with Crippen LogP contribution in [-0.4, -0.2) is 37.8 Å². The van der Waals surface area contributed by atoms with Crippen LogP contribution in [-0.2, 0) is 22.4 Å². The molecule has 2 aromatic rings. The van der Waals surface area contributed by atoms with Gasteiger partial charge in [-0.15, -0.1) is 10.2 Å². The van der Waals surface area contributed by atoms with Gasteiger partial charge in [0, 0.05) is 19.4 Å². The molecule has 0 bridgehead atoms. The predicted octanol–water partition coefficient (Wildman–Crippen LogP) is 5.06. The van der Waals surface area contributed by atoms with E-state index < -0.39 is 0 Å². The van der Waals surface area contributed by atoms with Crippen molar-refractivity contribution in [2.45, 2.75) is 52.4 Å². The van der Waals surface area contributed by atoms with Crippen molar-refractivity contribution in [1.29, 1.82) is 0 Å². The third-order valence-electron chi connectivity index (χ3n) is 4.80. The molecule has 1 saturated heterocycles. The second kappa shape index (κ2) is 11.5. The minimum atomic E-state index is -0.129. The van der Waals surface area contributed by atoms with E-state index in [-0.39, 0.29) is 11.8 Å². The second-order valence-corrected chi connectivity index (χ2v) is 9.92. The van der Waals surface area contributed by atoms with Crippen LogP contribution in [0.25, 0.3) is 6.08 Å². The molecular formula is C22H26N4O2S3.